The summed E-state index contributed by atoms with van der Waals surface area (Å²) in [6.45, 7) is 3.55. The molecule has 1 heterocycles. The van der Waals surface area contributed by atoms with Crippen LogP contribution in [0.3, 0.4) is 0 Å². The molecule has 4 heteroatoms. The fraction of sp³-hybridized carbons (Fsp3) is 0.909. The molecule has 1 unspecified atom stereocenters. The third kappa shape index (κ3) is 4.91. The van der Waals surface area contributed by atoms with Gasteiger partial charge in [-0.1, -0.05) is 12.2 Å². The number of nitrogens with zero attached hydrogens (tertiary/aromatic N) is 2. The predicted molar refractivity (Wildman–Crippen MR) is 69.2 cm³/mol. The summed E-state index contributed by atoms with van der Waals surface area (Å²) in [5.74, 6) is 0. The average molecular weight is 229 g/mol. The zero-order valence-electron chi connectivity index (χ0n) is 9.91. The van der Waals surface area contributed by atoms with Crippen molar-refractivity contribution in [2.45, 2.75) is 31.7 Å². The lowest BCUT2D eigenvalue weighted by molar-refractivity contribution is 0.134. The van der Waals surface area contributed by atoms with Crippen LogP contribution >= 0.6 is 12.2 Å². The van der Waals surface area contributed by atoms with Gasteiger partial charge in [0.2, 0.25) is 0 Å². The number of nitrogens with two attached hydrogens (primary N) is 1. The van der Waals surface area contributed by atoms with Crippen LogP contribution < -0.4 is 5.73 Å². The van der Waals surface area contributed by atoms with E-state index in [-0.39, 0.29) is 0 Å². The zero-order valence-corrected chi connectivity index (χ0v) is 10.7. The molecule has 3 nitrogen and oxygen atoms in total. The molecule has 15 heavy (non-hydrogen) atoms. The predicted octanol–water partition coefficient (Wildman–Crippen LogP) is 1.08. The largest absolute Gasteiger partial charge is 0.393 e. The van der Waals surface area contributed by atoms with Gasteiger partial charge < -0.3 is 15.5 Å². The van der Waals surface area contributed by atoms with Crippen molar-refractivity contribution >= 4 is 17.2 Å². The van der Waals surface area contributed by atoms with Crippen LogP contribution in [0.15, 0.2) is 0 Å². The number of likely N-dealkylation sites (tertiary alicyclic amines) is 1. The molecular formula is C11H23N3S. The van der Waals surface area contributed by atoms with Gasteiger partial charge in [-0.3, -0.25) is 0 Å². The highest BCUT2D eigenvalue weighted by molar-refractivity contribution is 7.80. The molecule has 1 saturated heterocycles. The number of thiocarbonyl (C=S) groups is 1. The van der Waals surface area contributed by atoms with E-state index in [1.807, 2.05) is 0 Å². The second-order valence-electron chi connectivity index (χ2n) is 4.61. The first-order valence-corrected chi connectivity index (χ1v) is 6.17. The lowest BCUT2D eigenvalue weighted by Crippen LogP contribution is -2.45. The molecule has 0 aromatic heterocycles. The minimum absolute atomic E-state index is 0.643. The Hall–Kier alpha value is -0.190. The van der Waals surface area contributed by atoms with Gasteiger partial charge in [0.25, 0.3) is 0 Å². The van der Waals surface area contributed by atoms with Crippen molar-refractivity contribution in [1.82, 2.24) is 9.80 Å². The van der Waals surface area contributed by atoms with Crippen molar-refractivity contribution < 1.29 is 0 Å². The summed E-state index contributed by atoms with van der Waals surface area (Å²) in [5.41, 5.74) is 5.48. The molecule has 0 aliphatic carbocycles. The van der Waals surface area contributed by atoms with Crippen LogP contribution in [0.5, 0.6) is 0 Å². The molecule has 0 radical (unpaired) electrons. The van der Waals surface area contributed by atoms with Crippen LogP contribution in [-0.2, 0) is 0 Å². The molecule has 0 amide bonds. The van der Waals surface area contributed by atoms with Gasteiger partial charge >= 0.3 is 0 Å². The molecule has 1 aliphatic heterocycles. The zero-order chi connectivity index (χ0) is 11.3. The van der Waals surface area contributed by atoms with Crippen LogP contribution in [0, 0.1) is 0 Å². The van der Waals surface area contributed by atoms with Gasteiger partial charge in [-0.25, -0.2) is 0 Å². The van der Waals surface area contributed by atoms with E-state index >= 15 is 0 Å². The highest BCUT2D eigenvalue weighted by Crippen LogP contribution is 2.13. The molecule has 2 N–H and O–H groups in total. The summed E-state index contributed by atoms with van der Waals surface area (Å²) >= 11 is 4.87. The topological polar surface area (TPSA) is 32.5 Å². The second-order valence-corrected chi connectivity index (χ2v) is 5.13. The standard InChI is InChI=1S/C11H23N3S/c1-13-7-3-5-10(9-13)14(2)8-4-6-11(12)15/h10H,3-9H2,1-2H3,(H2,12,15). The fourth-order valence-corrected chi connectivity index (χ4v) is 2.33. The summed E-state index contributed by atoms with van der Waals surface area (Å²) in [4.78, 5) is 5.51. The molecule has 0 spiro atoms. The maximum atomic E-state index is 5.48. The van der Waals surface area contributed by atoms with E-state index in [4.69, 9.17) is 18.0 Å². The highest BCUT2D eigenvalue weighted by atomic mass is 32.1. The Labute approximate surface area is 98.6 Å². The van der Waals surface area contributed by atoms with Crippen molar-refractivity contribution in [3.63, 3.8) is 0 Å². The van der Waals surface area contributed by atoms with Gasteiger partial charge in [0.1, 0.15) is 0 Å². The Morgan fingerprint density at radius 2 is 2.33 bits per heavy atom. The highest BCUT2D eigenvalue weighted by Gasteiger charge is 2.20. The molecule has 1 aliphatic rings. The summed E-state index contributed by atoms with van der Waals surface area (Å²) in [6.07, 6.45) is 4.61. The first-order chi connectivity index (χ1) is 7.09. The Balaban J connectivity index is 2.20. The van der Waals surface area contributed by atoms with Gasteiger partial charge in [-0.15, -0.1) is 0 Å². The average Bonchev–Trinajstić information content (AvgIpc) is 2.17. The minimum Gasteiger partial charge on any atom is -0.393 e. The minimum atomic E-state index is 0.643. The molecule has 1 rings (SSSR count). The fourth-order valence-electron chi connectivity index (χ4n) is 2.18. The first kappa shape index (κ1) is 12.9. The van der Waals surface area contributed by atoms with Crippen molar-refractivity contribution in [1.29, 1.82) is 0 Å². The smallest absolute Gasteiger partial charge is 0.0727 e. The maximum Gasteiger partial charge on any atom is 0.0727 e. The normalized spacial score (nSPS) is 23.3. The number of hydrogen-bond acceptors (Lipinski definition) is 3. The van der Waals surface area contributed by atoms with Crippen molar-refractivity contribution in [2.24, 2.45) is 5.73 Å². The van der Waals surface area contributed by atoms with Crippen LogP contribution in [0.1, 0.15) is 25.7 Å². The van der Waals surface area contributed by atoms with E-state index in [1.54, 1.807) is 0 Å². The second kappa shape index (κ2) is 6.40. The number of hydrogen-bond donors (Lipinski definition) is 1. The Morgan fingerprint density at radius 1 is 1.60 bits per heavy atom. The van der Waals surface area contributed by atoms with Crippen molar-refractivity contribution in [3.05, 3.63) is 0 Å². The molecular weight excluding hydrogens is 206 g/mol. The quantitative estimate of drug-likeness (QED) is 0.715. The van der Waals surface area contributed by atoms with Gasteiger partial charge in [0.15, 0.2) is 0 Å². The van der Waals surface area contributed by atoms with E-state index in [1.165, 1.54) is 25.9 Å². The molecule has 0 saturated carbocycles. The third-order valence-corrected chi connectivity index (χ3v) is 3.36. The summed E-state index contributed by atoms with van der Waals surface area (Å²) < 4.78 is 0. The molecule has 0 aromatic carbocycles. The molecule has 1 atom stereocenters. The number of likely N-dealkylation sites (N-methyl/N-ethyl adjacent to an activating group) is 2. The summed E-state index contributed by atoms with van der Waals surface area (Å²) in [7, 11) is 4.42. The van der Waals surface area contributed by atoms with Gasteiger partial charge in [0, 0.05) is 12.6 Å². The SMILES string of the molecule is CN1CCCC(N(C)CCCC(N)=S)C1. The molecule has 88 valence electrons. The van der Waals surface area contributed by atoms with Gasteiger partial charge in [-0.2, -0.15) is 0 Å². The van der Waals surface area contributed by atoms with E-state index < -0.39 is 0 Å². The monoisotopic (exact) mass is 229 g/mol. The number of piperidine rings is 1. The Bertz CT molecular complexity index is 208. The summed E-state index contributed by atoms with van der Waals surface area (Å²) in [6, 6.07) is 0.718. The first-order valence-electron chi connectivity index (χ1n) is 5.76. The van der Waals surface area contributed by atoms with Crippen molar-refractivity contribution in [2.75, 3.05) is 33.7 Å². The van der Waals surface area contributed by atoms with Gasteiger partial charge in [0.05, 0.1) is 4.99 Å². The Morgan fingerprint density at radius 3 is 2.93 bits per heavy atom. The van der Waals surface area contributed by atoms with Gasteiger partial charge in [-0.05, 0) is 52.9 Å². The van der Waals surface area contributed by atoms with E-state index in [9.17, 15) is 0 Å². The van der Waals surface area contributed by atoms with Crippen LogP contribution in [0.25, 0.3) is 0 Å². The molecule has 0 bridgehead atoms. The Kier molecular flexibility index (Phi) is 5.50. The lowest BCUT2D eigenvalue weighted by Gasteiger charge is -2.35. The lowest BCUT2D eigenvalue weighted by atomic mass is 10.0. The van der Waals surface area contributed by atoms with E-state index in [0.717, 1.165) is 25.4 Å². The van der Waals surface area contributed by atoms with E-state index in [2.05, 4.69) is 23.9 Å². The van der Waals surface area contributed by atoms with Crippen molar-refractivity contribution in [3.8, 4) is 0 Å². The van der Waals surface area contributed by atoms with E-state index in [0.29, 0.717) is 4.99 Å². The van der Waals surface area contributed by atoms with Crippen LogP contribution in [-0.4, -0.2) is 54.6 Å². The molecule has 1 fully saturated rings. The van der Waals surface area contributed by atoms with Crippen LogP contribution in [0.2, 0.25) is 0 Å². The maximum absolute atomic E-state index is 5.48. The van der Waals surface area contributed by atoms with Crippen LogP contribution in [0.4, 0.5) is 0 Å². The third-order valence-electron chi connectivity index (χ3n) is 3.16. The molecule has 0 aromatic rings. The summed E-state index contributed by atoms with van der Waals surface area (Å²) in [5, 5.41) is 0. The number of rotatable bonds is 5.